The molecule has 20 heavy (non-hydrogen) atoms. The number of nitrogens with zero attached hydrogens (tertiary/aromatic N) is 2. The normalized spacial score (nSPS) is 14.8. The Bertz CT molecular complexity index is 632. The molecule has 0 radical (unpaired) electrons. The van der Waals surface area contributed by atoms with Gasteiger partial charge in [0.05, 0.1) is 11.1 Å². The van der Waals surface area contributed by atoms with Crippen LogP contribution in [0.4, 0.5) is 5.82 Å². The van der Waals surface area contributed by atoms with Crippen LogP contribution in [-0.2, 0) is 0 Å². The monoisotopic (exact) mass is 268 g/mol. The average Bonchev–Trinajstić information content (AvgIpc) is 3.27. The van der Waals surface area contributed by atoms with Crippen LogP contribution in [0.15, 0.2) is 30.3 Å². The summed E-state index contributed by atoms with van der Waals surface area (Å²) in [7, 11) is 0. The molecule has 1 aliphatic carbocycles. The smallest absolute Gasteiger partial charge is 0.153 e. The molecule has 3 nitrogen and oxygen atoms in total. The lowest BCUT2D eigenvalue weighted by atomic mass is 10.1. The molecule has 1 aliphatic rings. The number of carbonyl (C=O) groups excluding carboxylic acids is 1. The van der Waals surface area contributed by atoms with Crippen molar-refractivity contribution < 1.29 is 4.79 Å². The Morgan fingerprint density at radius 2 is 2.10 bits per heavy atom. The summed E-state index contributed by atoms with van der Waals surface area (Å²) < 4.78 is 0. The molecule has 0 N–H and O–H groups in total. The summed E-state index contributed by atoms with van der Waals surface area (Å²) in [5, 5.41) is 1.02. The first-order chi connectivity index (χ1) is 9.69. The fourth-order valence-corrected chi connectivity index (χ4v) is 2.56. The zero-order valence-electron chi connectivity index (χ0n) is 12.0. The molecule has 1 heterocycles. The van der Waals surface area contributed by atoms with Gasteiger partial charge in [-0.25, -0.2) is 4.98 Å². The van der Waals surface area contributed by atoms with E-state index in [4.69, 9.17) is 4.98 Å². The Kier molecular flexibility index (Phi) is 3.43. The zero-order chi connectivity index (χ0) is 14.1. The van der Waals surface area contributed by atoms with E-state index < -0.39 is 0 Å². The molecule has 3 rings (SSSR count). The van der Waals surface area contributed by atoms with E-state index in [0.717, 1.165) is 35.5 Å². The first-order valence-corrected chi connectivity index (χ1v) is 7.30. The van der Waals surface area contributed by atoms with Crippen molar-refractivity contribution in [2.45, 2.75) is 32.7 Å². The molecule has 1 saturated carbocycles. The van der Waals surface area contributed by atoms with Gasteiger partial charge in [0.25, 0.3) is 0 Å². The van der Waals surface area contributed by atoms with E-state index in [1.54, 1.807) is 0 Å². The second kappa shape index (κ2) is 5.23. The highest BCUT2D eigenvalue weighted by Crippen LogP contribution is 2.33. The highest BCUT2D eigenvalue weighted by Gasteiger charge is 2.27. The van der Waals surface area contributed by atoms with Crippen LogP contribution in [0.2, 0.25) is 0 Å². The van der Waals surface area contributed by atoms with Crippen LogP contribution in [0.25, 0.3) is 10.9 Å². The number of carbonyl (C=O) groups is 1. The minimum absolute atomic E-state index is 0.350. The van der Waals surface area contributed by atoms with Gasteiger partial charge in [-0.15, -0.1) is 0 Å². The fraction of sp³-hybridized carbons (Fsp3) is 0.412. The predicted octanol–water partition coefficient (Wildman–Crippen LogP) is 3.67. The number of benzene rings is 1. The van der Waals surface area contributed by atoms with Gasteiger partial charge in [0.15, 0.2) is 6.29 Å². The van der Waals surface area contributed by atoms with Gasteiger partial charge in [0, 0.05) is 18.0 Å². The molecule has 0 unspecified atom stereocenters. The molecule has 0 amide bonds. The largest absolute Gasteiger partial charge is 0.353 e. The van der Waals surface area contributed by atoms with Crippen molar-refractivity contribution in [2.24, 2.45) is 5.92 Å². The third kappa shape index (κ3) is 2.53. The quantitative estimate of drug-likeness (QED) is 0.776. The molecule has 0 atom stereocenters. The number of hydrogen-bond acceptors (Lipinski definition) is 3. The Morgan fingerprint density at radius 1 is 1.35 bits per heavy atom. The molecule has 1 fully saturated rings. The van der Waals surface area contributed by atoms with E-state index in [9.17, 15) is 4.79 Å². The Labute approximate surface area is 119 Å². The summed E-state index contributed by atoms with van der Waals surface area (Å²) in [6, 6.07) is 10.3. The van der Waals surface area contributed by atoms with Crippen LogP contribution >= 0.6 is 0 Å². The molecular formula is C17H20N2O. The van der Waals surface area contributed by atoms with Crippen LogP contribution in [0.1, 0.15) is 37.0 Å². The van der Waals surface area contributed by atoms with Gasteiger partial charge in [0.2, 0.25) is 0 Å². The Balaban J connectivity index is 2.08. The van der Waals surface area contributed by atoms with Crippen LogP contribution in [0.5, 0.6) is 0 Å². The number of para-hydroxylation sites is 1. The van der Waals surface area contributed by atoms with Gasteiger partial charge in [0.1, 0.15) is 5.82 Å². The Morgan fingerprint density at radius 3 is 2.75 bits per heavy atom. The van der Waals surface area contributed by atoms with E-state index >= 15 is 0 Å². The number of anilines is 1. The maximum Gasteiger partial charge on any atom is 0.153 e. The van der Waals surface area contributed by atoms with Crippen molar-refractivity contribution in [2.75, 3.05) is 11.4 Å². The predicted molar refractivity (Wildman–Crippen MR) is 82.3 cm³/mol. The third-order valence-corrected chi connectivity index (χ3v) is 3.91. The lowest BCUT2D eigenvalue weighted by molar-refractivity contribution is 0.112. The topological polar surface area (TPSA) is 33.2 Å². The number of rotatable bonds is 5. The van der Waals surface area contributed by atoms with Crippen LogP contribution in [-0.4, -0.2) is 23.9 Å². The Hall–Kier alpha value is -1.90. The standard InChI is InChI=1S/C17H20N2O/c1-12(2)19(10-13-7-8-13)17-15(11-20)9-14-5-3-4-6-16(14)18-17/h3-6,9,11-13H,7-8,10H2,1-2H3. The lowest BCUT2D eigenvalue weighted by Crippen LogP contribution is -2.34. The van der Waals surface area contributed by atoms with E-state index in [1.807, 2.05) is 30.3 Å². The summed E-state index contributed by atoms with van der Waals surface area (Å²) in [5.74, 6) is 1.60. The zero-order valence-corrected chi connectivity index (χ0v) is 12.0. The highest BCUT2D eigenvalue weighted by molar-refractivity contribution is 5.91. The van der Waals surface area contributed by atoms with Crippen molar-refractivity contribution >= 4 is 23.0 Å². The van der Waals surface area contributed by atoms with Gasteiger partial charge in [-0.1, -0.05) is 18.2 Å². The van der Waals surface area contributed by atoms with Gasteiger partial charge in [-0.05, 0) is 44.7 Å². The van der Waals surface area contributed by atoms with Crippen molar-refractivity contribution in [3.8, 4) is 0 Å². The SMILES string of the molecule is CC(C)N(CC1CC1)c1nc2ccccc2cc1C=O. The van der Waals surface area contributed by atoms with Gasteiger partial charge in [-0.3, -0.25) is 4.79 Å². The number of pyridine rings is 1. The van der Waals surface area contributed by atoms with Crippen LogP contribution < -0.4 is 4.90 Å². The molecule has 0 saturated heterocycles. The number of aromatic nitrogens is 1. The number of fused-ring (bicyclic) bond motifs is 1. The summed E-state index contributed by atoms with van der Waals surface area (Å²) in [4.78, 5) is 18.4. The second-order valence-corrected chi connectivity index (χ2v) is 5.90. The summed E-state index contributed by atoms with van der Waals surface area (Å²) in [5.41, 5.74) is 1.65. The average molecular weight is 268 g/mol. The molecular weight excluding hydrogens is 248 g/mol. The first-order valence-electron chi connectivity index (χ1n) is 7.30. The summed E-state index contributed by atoms with van der Waals surface area (Å²) in [6.45, 7) is 5.32. The van der Waals surface area contributed by atoms with Gasteiger partial charge in [-0.2, -0.15) is 0 Å². The minimum Gasteiger partial charge on any atom is -0.353 e. The summed E-state index contributed by atoms with van der Waals surface area (Å²) >= 11 is 0. The maximum absolute atomic E-state index is 11.4. The van der Waals surface area contributed by atoms with Crippen molar-refractivity contribution in [3.63, 3.8) is 0 Å². The van der Waals surface area contributed by atoms with Crippen molar-refractivity contribution in [3.05, 3.63) is 35.9 Å². The molecule has 1 aromatic heterocycles. The van der Waals surface area contributed by atoms with E-state index in [2.05, 4.69) is 18.7 Å². The lowest BCUT2D eigenvalue weighted by Gasteiger charge is -2.29. The molecule has 1 aromatic carbocycles. The van der Waals surface area contributed by atoms with Crippen LogP contribution in [0, 0.1) is 5.92 Å². The van der Waals surface area contributed by atoms with E-state index in [-0.39, 0.29) is 0 Å². The van der Waals surface area contributed by atoms with Gasteiger partial charge >= 0.3 is 0 Å². The number of hydrogen-bond donors (Lipinski definition) is 0. The third-order valence-electron chi connectivity index (χ3n) is 3.91. The molecule has 3 heteroatoms. The fourth-order valence-electron chi connectivity index (χ4n) is 2.56. The highest BCUT2D eigenvalue weighted by atomic mass is 16.1. The van der Waals surface area contributed by atoms with Gasteiger partial charge < -0.3 is 4.90 Å². The molecule has 0 spiro atoms. The molecule has 2 aromatic rings. The van der Waals surface area contributed by atoms with Crippen LogP contribution in [0.3, 0.4) is 0 Å². The van der Waals surface area contributed by atoms with Crippen molar-refractivity contribution in [1.82, 2.24) is 4.98 Å². The second-order valence-electron chi connectivity index (χ2n) is 5.90. The molecule has 0 aliphatic heterocycles. The molecule has 0 bridgehead atoms. The number of aldehydes is 1. The van der Waals surface area contributed by atoms with Crippen molar-refractivity contribution in [1.29, 1.82) is 0 Å². The maximum atomic E-state index is 11.4. The first kappa shape index (κ1) is 13.1. The van der Waals surface area contributed by atoms with E-state index in [0.29, 0.717) is 11.6 Å². The summed E-state index contributed by atoms with van der Waals surface area (Å²) in [6.07, 6.45) is 3.53. The minimum atomic E-state index is 0.350. The molecule has 104 valence electrons. The van der Waals surface area contributed by atoms with E-state index in [1.165, 1.54) is 12.8 Å².